The normalized spacial score (nSPS) is 12.4. The summed E-state index contributed by atoms with van der Waals surface area (Å²) in [6, 6.07) is 5.42. The number of aromatic nitrogens is 4. The largest absolute Gasteiger partial charge is 0.497 e. The van der Waals surface area contributed by atoms with Crippen molar-refractivity contribution in [1.82, 2.24) is 20.2 Å². The Morgan fingerprint density at radius 1 is 1.50 bits per heavy atom. The minimum atomic E-state index is -0.686. The molecule has 0 radical (unpaired) electrons. The van der Waals surface area contributed by atoms with E-state index in [-0.39, 0.29) is 0 Å². The molecule has 6 nitrogen and oxygen atoms in total. The fourth-order valence-electron chi connectivity index (χ4n) is 1.59. The fraction of sp³-hybridized carbons (Fsp3) is 0.364. The predicted molar refractivity (Wildman–Crippen MR) is 68.2 cm³/mol. The minimum absolute atomic E-state index is 0.318. The molecule has 0 saturated heterocycles. The van der Waals surface area contributed by atoms with Gasteiger partial charge in [-0.2, -0.15) is 4.80 Å². The second-order valence-corrected chi connectivity index (χ2v) is 4.66. The summed E-state index contributed by atoms with van der Waals surface area (Å²) < 4.78 is 5.89. The Bertz CT molecular complexity index is 544. The van der Waals surface area contributed by atoms with E-state index in [0.29, 0.717) is 12.2 Å². The van der Waals surface area contributed by atoms with E-state index in [1.54, 1.807) is 20.2 Å². The maximum absolute atomic E-state index is 10.1. The minimum Gasteiger partial charge on any atom is -0.497 e. The lowest BCUT2D eigenvalue weighted by molar-refractivity contribution is 0.175. The number of ether oxygens (including phenoxy) is 1. The Morgan fingerprint density at radius 2 is 2.28 bits per heavy atom. The van der Waals surface area contributed by atoms with E-state index in [2.05, 4.69) is 31.3 Å². The van der Waals surface area contributed by atoms with Crippen molar-refractivity contribution in [2.45, 2.75) is 12.5 Å². The van der Waals surface area contributed by atoms with Crippen LogP contribution < -0.4 is 4.74 Å². The number of aliphatic hydroxyl groups excluding tert-OH is 1. The van der Waals surface area contributed by atoms with Crippen LogP contribution in [0.2, 0.25) is 0 Å². The van der Waals surface area contributed by atoms with Crippen LogP contribution >= 0.6 is 15.9 Å². The number of nitrogens with zero attached hydrogens (tertiary/aromatic N) is 4. The van der Waals surface area contributed by atoms with Crippen LogP contribution in [0.25, 0.3) is 0 Å². The monoisotopic (exact) mass is 312 g/mol. The molecule has 0 spiro atoms. The number of methoxy groups -OCH3 is 1. The standard InChI is InChI=1S/C11H13BrN4O2/c1-16-14-11(13-15-16)6-10(17)8-4-3-7(18-2)5-9(8)12/h3-5,10,17H,6H2,1-2H3. The van der Waals surface area contributed by atoms with E-state index in [1.165, 1.54) is 4.80 Å². The highest BCUT2D eigenvalue weighted by Crippen LogP contribution is 2.28. The van der Waals surface area contributed by atoms with Crippen molar-refractivity contribution in [2.75, 3.05) is 7.11 Å². The lowest BCUT2D eigenvalue weighted by Crippen LogP contribution is -2.05. The number of hydrogen-bond donors (Lipinski definition) is 1. The highest BCUT2D eigenvalue weighted by atomic mass is 79.9. The summed E-state index contributed by atoms with van der Waals surface area (Å²) in [5, 5.41) is 21.7. The molecular formula is C11H13BrN4O2. The number of tetrazole rings is 1. The van der Waals surface area contributed by atoms with Crippen molar-refractivity contribution in [1.29, 1.82) is 0 Å². The summed E-state index contributed by atoms with van der Waals surface area (Å²) in [5.41, 5.74) is 0.767. The Labute approximate surface area is 113 Å². The van der Waals surface area contributed by atoms with E-state index in [4.69, 9.17) is 4.74 Å². The third-order valence-corrected chi connectivity index (χ3v) is 3.18. The molecule has 1 N–H and O–H groups in total. The molecule has 0 aliphatic rings. The zero-order valence-corrected chi connectivity index (χ0v) is 11.6. The highest BCUT2D eigenvalue weighted by Gasteiger charge is 2.15. The van der Waals surface area contributed by atoms with Gasteiger partial charge in [0.05, 0.1) is 20.3 Å². The number of halogens is 1. The van der Waals surface area contributed by atoms with Gasteiger partial charge in [-0.05, 0) is 22.9 Å². The Balaban J connectivity index is 2.15. The van der Waals surface area contributed by atoms with E-state index >= 15 is 0 Å². The topological polar surface area (TPSA) is 73.1 Å². The molecule has 1 heterocycles. The van der Waals surface area contributed by atoms with Gasteiger partial charge in [0, 0.05) is 10.9 Å². The molecule has 0 aliphatic carbocycles. The van der Waals surface area contributed by atoms with Crippen LogP contribution in [0.5, 0.6) is 5.75 Å². The molecule has 0 aliphatic heterocycles. The molecule has 0 saturated carbocycles. The lowest BCUT2D eigenvalue weighted by atomic mass is 10.1. The van der Waals surface area contributed by atoms with Crippen molar-refractivity contribution >= 4 is 15.9 Å². The van der Waals surface area contributed by atoms with Crippen LogP contribution in [-0.4, -0.2) is 32.4 Å². The first-order valence-corrected chi connectivity index (χ1v) is 6.14. The molecule has 1 aromatic carbocycles. The van der Waals surface area contributed by atoms with E-state index in [1.807, 2.05) is 12.1 Å². The molecule has 1 aromatic heterocycles. The lowest BCUT2D eigenvalue weighted by Gasteiger charge is -2.11. The summed E-state index contributed by atoms with van der Waals surface area (Å²) in [7, 11) is 3.29. The first-order valence-electron chi connectivity index (χ1n) is 5.34. The maximum atomic E-state index is 10.1. The van der Waals surface area contributed by atoms with Crippen LogP contribution in [0.15, 0.2) is 22.7 Å². The van der Waals surface area contributed by atoms with Gasteiger partial charge in [0.2, 0.25) is 0 Å². The Hall–Kier alpha value is -1.47. The number of rotatable bonds is 4. The number of benzene rings is 1. The molecule has 1 atom stereocenters. The van der Waals surface area contributed by atoms with Gasteiger partial charge >= 0.3 is 0 Å². The molecule has 96 valence electrons. The zero-order chi connectivity index (χ0) is 13.1. The van der Waals surface area contributed by atoms with Crippen molar-refractivity contribution < 1.29 is 9.84 Å². The molecule has 18 heavy (non-hydrogen) atoms. The van der Waals surface area contributed by atoms with Gasteiger partial charge in [0.25, 0.3) is 0 Å². The Morgan fingerprint density at radius 3 is 2.83 bits per heavy atom. The molecule has 2 rings (SSSR count). The molecule has 7 heteroatoms. The number of aryl methyl sites for hydroxylation is 1. The van der Waals surface area contributed by atoms with Gasteiger partial charge in [0.1, 0.15) is 5.75 Å². The number of hydrogen-bond acceptors (Lipinski definition) is 5. The van der Waals surface area contributed by atoms with Gasteiger partial charge < -0.3 is 9.84 Å². The van der Waals surface area contributed by atoms with Crippen molar-refractivity contribution in [3.8, 4) is 5.75 Å². The van der Waals surface area contributed by atoms with E-state index < -0.39 is 6.10 Å². The summed E-state index contributed by atoms with van der Waals surface area (Å²) in [5.74, 6) is 1.24. The van der Waals surface area contributed by atoms with Gasteiger partial charge in [-0.3, -0.25) is 0 Å². The van der Waals surface area contributed by atoms with Gasteiger partial charge in [-0.25, -0.2) is 0 Å². The van der Waals surface area contributed by atoms with Crippen LogP contribution in [0.4, 0.5) is 0 Å². The molecule has 2 aromatic rings. The second-order valence-electron chi connectivity index (χ2n) is 3.80. The first-order chi connectivity index (χ1) is 8.60. The summed E-state index contributed by atoms with van der Waals surface area (Å²) in [4.78, 5) is 1.37. The molecule has 0 bridgehead atoms. The second kappa shape index (κ2) is 5.45. The van der Waals surface area contributed by atoms with Gasteiger partial charge in [-0.15, -0.1) is 10.2 Å². The summed E-state index contributed by atoms with van der Waals surface area (Å²) in [6.07, 6.45) is -0.367. The van der Waals surface area contributed by atoms with E-state index in [0.717, 1.165) is 15.8 Å². The van der Waals surface area contributed by atoms with Gasteiger partial charge in [0.15, 0.2) is 5.82 Å². The van der Waals surface area contributed by atoms with Crippen LogP contribution in [0.3, 0.4) is 0 Å². The van der Waals surface area contributed by atoms with Crippen LogP contribution in [-0.2, 0) is 13.5 Å². The molecule has 0 amide bonds. The smallest absolute Gasteiger partial charge is 0.177 e. The van der Waals surface area contributed by atoms with Crippen LogP contribution in [0, 0.1) is 0 Å². The highest BCUT2D eigenvalue weighted by molar-refractivity contribution is 9.10. The SMILES string of the molecule is COc1ccc(C(O)Cc2nnn(C)n2)c(Br)c1. The zero-order valence-electron chi connectivity index (χ0n) is 10.0. The van der Waals surface area contributed by atoms with Gasteiger partial charge in [-0.1, -0.05) is 22.0 Å². The molecule has 1 unspecified atom stereocenters. The third kappa shape index (κ3) is 2.85. The number of aliphatic hydroxyl groups is 1. The predicted octanol–water partition coefficient (Wildman–Crippen LogP) is 1.26. The molecular weight excluding hydrogens is 300 g/mol. The summed E-state index contributed by atoms with van der Waals surface area (Å²) >= 11 is 3.41. The van der Waals surface area contributed by atoms with E-state index in [9.17, 15) is 5.11 Å². The third-order valence-electron chi connectivity index (χ3n) is 2.49. The van der Waals surface area contributed by atoms with Crippen molar-refractivity contribution in [3.05, 3.63) is 34.1 Å². The Kier molecular flexibility index (Phi) is 3.93. The maximum Gasteiger partial charge on any atom is 0.177 e. The summed E-state index contributed by atoms with van der Waals surface area (Å²) in [6.45, 7) is 0. The average molecular weight is 313 g/mol. The fourth-order valence-corrected chi connectivity index (χ4v) is 2.22. The first kappa shape index (κ1) is 13.0. The molecule has 0 fully saturated rings. The quantitative estimate of drug-likeness (QED) is 0.920. The van der Waals surface area contributed by atoms with Crippen molar-refractivity contribution in [3.63, 3.8) is 0 Å². The average Bonchev–Trinajstić information content (AvgIpc) is 2.74. The van der Waals surface area contributed by atoms with Crippen molar-refractivity contribution in [2.24, 2.45) is 7.05 Å². The van der Waals surface area contributed by atoms with Crippen LogP contribution in [0.1, 0.15) is 17.5 Å².